The second kappa shape index (κ2) is 10.4. The molecule has 0 unspecified atom stereocenters. The summed E-state index contributed by atoms with van der Waals surface area (Å²) >= 11 is 6.08. The smallest absolute Gasteiger partial charge is 0.224 e. The van der Waals surface area contributed by atoms with Crippen LogP contribution in [-0.4, -0.2) is 19.6 Å². The normalized spacial score (nSPS) is 10.3. The third kappa shape index (κ3) is 6.43. The molecule has 0 radical (unpaired) electrons. The molecule has 5 nitrogen and oxygen atoms in total. The van der Waals surface area contributed by atoms with Gasteiger partial charge in [-0.2, -0.15) is 0 Å². The highest BCUT2D eigenvalue weighted by atomic mass is 35.5. The summed E-state index contributed by atoms with van der Waals surface area (Å²) in [6, 6.07) is 21.8. The van der Waals surface area contributed by atoms with Gasteiger partial charge in [0.05, 0.1) is 19.4 Å². The molecule has 0 bridgehead atoms. The lowest BCUT2D eigenvalue weighted by molar-refractivity contribution is -0.116. The summed E-state index contributed by atoms with van der Waals surface area (Å²) in [5.41, 5.74) is 0.530. The molecule has 0 heterocycles. The maximum Gasteiger partial charge on any atom is 0.224 e. The summed E-state index contributed by atoms with van der Waals surface area (Å²) < 4.78 is 16.6. The van der Waals surface area contributed by atoms with Crippen LogP contribution in [0.2, 0.25) is 5.02 Å². The third-order valence-electron chi connectivity index (χ3n) is 4.06. The molecule has 0 atom stereocenters. The predicted octanol–water partition coefficient (Wildman–Crippen LogP) is 5.94. The van der Waals surface area contributed by atoms with E-state index < -0.39 is 0 Å². The lowest BCUT2D eigenvalue weighted by Crippen LogP contribution is -2.13. The largest absolute Gasteiger partial charge is 0.497 e. The zero-order chi connectivity index (χ0) is 20.5. The van der Waals surface area contributed by atoms with Crippen molar-refractivity contribution in [2.75, 3.05) is 19.0 Å². The summed E-state index contributed by atoms with van der Waals surface area (Å²) in [6.07, 6.45) is 0.890. The van der Waals surface area contributed by atoms with Gasteiger partial charge < -0.3 is 19.5 Å². The first-order chi connectivity index (χ1) is 14.1. The fraction of sp³-hybridized carbons (Fsp3) is 0.174. The van der Waals surface area contributed by atoms with Crippen LogP contribution in [-0.2, 0) is 4.79 Å². The van der Waals surface area contributed by atoms with Crippen molar-refractivity contribution in [3.05, 3.63) is 77.8 Å². The minimum Gasteiger partial charge on any atom is -0.497 e. The highest BCUT2D eigenvalue weighted by molar-refractivity contribution is 6.31. The van der Waals surface area contributed by atoms with E-state index in [1.54, 1.807) is 25.3 Å². The molecule has 0 aromatic heterocycles. The standard InChI is InChI=1S/C23H22ClNO4/c1-27-18-10-12-19(13-11-18)28-15-5-8-23(26)25-21-16-17(24)9-14-22(21)29-20-6-3-2-4-7-20/h2-4,6-7,9-14,16H,5,8,15H2,1H3,(H,25,26). The molecule has 3 aromatic rings. The first-order valence-corrected chi connectivity index (χ1v) is 9.61. The Labute approximate surface area is 175 Å². The van der Waals surface area contributed by atoms with Gasteiger partial charge in [0.2, 0.25) is 5.91 Å². The molecule has 6 heteroatoms. The van der Waals surface area contributed by atoms with Crippen molar-refractivity contribution in [1.29, 1.82) is 0 Å². The maximum absolute atomic E-state index is 12.3. The monoisotopic (exact) mass is 411 g/mol. The number of hydrogen-bond acceptors (Lipinski definition) is 4. The number of nitrogens with one attached hydrogen (secondary N) is 1. The van der Waals surface area contributed by atoms with E-state index in [1.807, 2.05) is 54.6 Å². The van der Waals surface area contributed by atoms with Crippen molar-refractivity contribution < 1.29 is 19.0 Å². The summed E-state index contributed by atoms with van der Waals surface area (Å²) in [4.78, 5) is 12.3. The van der Waals surface area contributed by atoms with Crippen molar-refractivity contribution in [2.45, 2.75) is 12.8 Å². The molecule has 0 fully saturated rings. The zero-order valence-corrected chi connectivity index (χ0v) is 16.8. The van der Waals surface area contributed by atoms with Crippen LogP contribution in [0.1, 0.15) is 12.8 Å². The minimum absolute atomic E-state index is 0.136. The summed E-state index contributed by atoms with van der Waals surface area (Å²) in [5.74, 6) is 2.58. The van der Waals surface area contributed by atoms with E-state index in [1.165, 1.54) is 0 Å². The van der Waals surface area contributed by atoms with Crippen molar-refractivity contribution in [2.24, 2.45) is 0 Å². The minimum atomic E-state index is -0.136. The number of benzene rings is 3. The molecule has 0 aliphatic heterocycles. The quantitative estimate of drug-likeness (QED) is 0.443. The van der Waals surface area contributed by atoms with E-state index in [0.29, 0.717) is 41.7 Å². The molecule has 1 N–H and O–H groups in total. The lowest BCUT2D eigenvalue weighted by Gasteiger charge is -2.13. The van der Waals surface area contributed by atoms with Gasteiger partial charge in [-0.3, -0.25) is 4.79 Å². The molecular weight excluding hydrogens is 390 g/mol. The van der Waals surface area contributed by atoms with Crippen molar-refractivity contribution >= 4 is 23.2 Å². The number of hydrogen-bond donors (Lipinski definition) is 1. The average Bonchev–Trinajstić information content (AvgIpc) is 2.74. The molecule has 1 amide bonds. The third-order valence-corrected chi connectivity index (χ3v) is 4.30. The van der Waals surface area contributed by atoms with Crippen LogP contribution in [0.4, 0.5) is 5.69 Å². The van der Waals surface area contributed by atoms with E-state index in [-0.39, 0.29) is 5.91 Å². The van der Waals surface area contributed by atoms with Gasteiger partial charge >= 0.3 is 0 Å². The van der Waals surface area contributed by atoms with E-state index in [4.69, 9.17) is 25.8 Å². The number of rotatable bonds is 9. The summed E-state index contributed by atoms with van der Waals surface area (Å²) in [6.45, 7) is 0.433. The van der Waals surface area contributed by atoms with Gasteiger partial charge in [-0.25, -0.2) is 0 Å². The van der Waals surface area contributed by atoms with Crippen LogP contribution in [0.3, 0.4) is 0 Å². The van der Waals surface area contributed by atoms with Gasteiger partial charge in [0.25, 0.3) is 0 Å². The Bertz CT molecular complexity index is 929. The molecule has 0 saturated heterocycles. The second-order valence-electron chi connectivity index (χ2n) is 6.23. The zero-order valence-electron chi connectivity index (χ0n) is 16.1. The predicted molar refractivity (Wildman–Crippen MR) is 114 cm³/mol. The molecule has 3 rings (SSSR count). The van der Waals surface area contributed by atoms with Gasteiger partial charge in [-0.05, 0) is 61.0 Å². The van der Waals surface area contributed by atoms with Crippen LogP contribution in [0.15, 0.2) is 72.8 Å². The number of amides is 1. The average molecular weight is 412 g/mol. The van der Waals surface area contributed by atoms with Crippen molar-refractivity contribution in [1.82, 2.24) is 0 Å². The molecule has 29 heavy (non-hydrogen) atoms. The Morgan fingerprint density at radius 3 is 2.38 bits per heavy atom. The lowest BCUT2D eigenvalue weighted by atomic mass is 10.2. The van der Waals surface area contributed by atoms with Crippen molar-refractivity contribution in [3.8, 4) is 23.0 Å². The Balaban J connectivity index is 1.51. The number of halogens is 1. The Morgan fingerprint density at radius 2 is 1.66 bits per heavy atom. The van der Waals surface area contributed by atoms with Crippen molar-refractivity contribution in [3.63, 3.8) is 0 Å². The van der Waals surface area contributed by atoms with E-state index in [9.17, 15) is 4.79 Å². The highest BCUT2D eigenvalue weighted by Crippen LogP contribution is 2.32. The molecule has 0 spiro atoms. The van der Waals surface area contributed by atoms with Gasteiger partial charge in [0.15, 0.2) is 5.75 Å². The number of carbonyl (C=O) groups excluding carboxylic acids is 1. The van der Waals surface area contributed by atoms with E-state index in [2.05, 4.69) is 5.32 Å². The fourth-order valence-corrected chi connectivity index (χ4v) is 2.78. The van der Waals surface area contributed by atoms with Crippen LogP contribution in [0, 0.1) is 0 Å². The van der Waals surface area contributed by atoms with Gasteiger partial charge in [-0.15, -0.1) is 0 Å². The maximum atomic E-state index is 12.3. The van der Waals surface area contributed by atoms with Gasteiger partial charge in [-0.1, -0.05) is 29.8 Å². The van der Waals surface area contributed by atoms with Crippen LogP contribution in [0.25, 0.3) is 0 Å². The number of anilines is 1. The van der Waals surface area contributed by atoms with Gasteiger partial charge in [0.1, 0.15) is 17.2 Å². The van der Waals surface area contributed by atoms with Crippen LogP contribution < -0.4 is 19.5 Å². The Hall–Kier alpha value is -3.18. The first kappa shape index (κ1) is 20.6. The van der Waals surface area contributed by atoms with Crippen LogP contribution in [0.5, 0.6) is 23.0 Å². The summed E-state index contributed by atoms with van der Waals surface area (Å²) in [5, 5.41) is 3.38. The number of carbonyl (C=O) groups is 1. The number of methoxy groups -OCH3 is 1. The first-order valence-electron chi connectivity index (χ1n) is 9.23. The number of ether oxygens (including phenoxy) is 3. The Morgan fingerprint density at radius 1 is 0.931 bits per heavy atom. The van der Waals surface area contributed by atoms with Crippen LogP contribution >= 0.6 is 11.6 Å². The van der Waals surface area contributed by atoms with E-state index in [0.717, 1.165) is 11.5 Å². The topological polar surface area (TPSA) is 56.8 Å². The number of para-hydroxylation sites is 1. The molecule has 0 saturated carbocycles. The van der Waals surface area contributed by atoms with E-state index >= 15 is 0 Å². The molecule has 150 valence electrons. The SMILES string of the molecule is COc1ccc(OCCCC(=O)Nc2cc(Cl)ccc2Oc2ccccc2)cc1. The molecular formula is C23H22ClNO4. The fourth-order valence-electron chi connectivity index (χ4n) is 2.61. The molecule has 0 aliphatic carbocycles. The molecule has 0 aliphatic rings. The van der Waals surface area contributed by atoms with Gasteiger partial charge in [0, 0.05) is 11.4 Å². The highest BCUT2D eigenvalue weighted by Gasteiger charge is 2.10. The Kier molecular flexibility index (Phi) is 7.36. The summed E-state index contributed by atoms with van der Waals surface area (Å²) in [7, 11) is 1.62. The molecule has 3 aromatic carbocycles. The second-order valence-corrected chi connectivity index (χ2v) is 6.67.